The zero-order chi connectivity index (χ0) is 14.6. The molecule has 1 aliphatic rings. The number of methoxy groups -OCH3 is 1. The van der Waals surface area contributed by atoms with Crippen LogP contribution in [0.4, 0.5) is 0 Å². The fourth-order valence-electron chi connectivity index (χ4n) is 2.13. The molecule has 0 aromatic heterocycles. The molecule has 1 aromatic carbocycles. The lowest BCUT2D eigenvalue weighted by atomic mass is 10.1. The molecule has 0 bridgehead atoms. The number of hydrogen-bond donors (Lipinski definition) is 2. The number of nitrogens with one attached hydrogen (secondary N) is 2. The molecule has 1 aromatic rings. The van der Waals surface area contributed by atoms with Gasteiger partial charge in [0.15, 0.2) is 0 Å². The number of rotatable bonds is 4. The predicted octanol–water partition coefficient (Wildman–Crippen LogP) is 0.503. The molecule has 2 N–H and O–H groups in total. The monoisotopic (exact) mass is 298 g/mol. The van der Waals surface area contributed by atoms with Gasteiger partial charge in [0.05, 0.1) is 17.6 Å². The minimum Gasteiger partial charge on any atom is -0.465 e. The highest BCUT2D eigenvalue weighted by Crippen LogP contribution is 2.13. The lowest BCUT2D eigenvalue weighted by Gasteiger charge is -2.23. The van der Waals surface area contributed by atoms with E-state index in [1.54, 1.807) is 0 Å². The number of ether oxygens (including phenoxy) is 1. The standard InChI is InChI=1S/C13H18N2O4S/c1-19-13(16)10-4-6-12(7-5-10)20(17,18)15-11-3-2-8-14-9-11/h4-7,11,14-15H,2-3,8-9H2,1H3/t11-/m0/s1. The molecular weight excluding hydrogens is 280 g/mol. The van der Waals surface area contributed by atoms with Crippen LogP contribution in [0.15, 0.2) is 29.2 Å². The van der Waals surface area contributed by atoms with Crippen molar-refractivity contribution in [3.05, 3.63) is 29.8 Å². The number of piperidine rings is 1. The second-order valence-electron chi connectivity index (χ2n) is 4.68. The minimum absolute atomic E-state index is 0.0889. The van der Waals surface area contributed by atoms with Crippen LogP contribution in [0.1, 0.15) is 23.2 Å². The first-order valence-corrected chi connectivity index (χ1v) is 7.92. The van der Waals surface area contributed by atoms with E-state index < -0.39 is 16.0 Å². The van der Waals surface area contributed by atoms with Gasteiger partial charge in [-0.2, -0.15) is 0 Å². The van der Waals surface area contributed by atoms with Gasteiger partial charge in [0.25, 0.3) is 0 Å². The van der Waals surface area contributed by atoms with Crippen LogP contribution in [0.3, 0.4) is 0 Å². The maximum absolute atomic E-state index is 12.2. The maximum Gasteiger partial charge on any atom is 0.337 e. The predicted molar refractivity (Wildman–Crippen MR) is 74.0 cm³/mol. The van der Waals surface area contributed by atoms with Gasteiger partial charge in [0.1, 0.15) is 0 Å². The summed E-state index contributed by atoms with van der Waals surface area (Å²) in [6.07, 6.45) is 1.78. The quantitative estimate of drug-likeness (QED) is 0.791. The van der Waals surface area contributed by atoms with Gasteiger partial charge < -0.3 is 10.1 Å². The molecule has 1 heterocycles. The molecule has 0 radical (unpaired) electrons. The van der Waals surface area contributed by atoms with Crippen molar-refractivity contribution in [1.82, 2.24) is 10.0 Å². The van der Waals surface area contributed by atoms with Crippen LogP contribution in [-0.4, -0.2) is 40.6 Å². The molecule has 20 heavy (non-hydrogen) atoms. The third-order valence-corrected chi connectivity index (χ3v) is 4.74. The van der Waals surface area contributed by atoms with Gasteiger partial charge in [-0.15, -0.1) is 0 Å². The van der Waals surface area contributed by atoms with Crippen LogP contribution in [0.25, 0.3) is 0 Å². The summed E-state index contributed by atoms with van der Waals surface area (Å²) in [6.45, 7) is 1.56. The van der Waals surface area contributed by atoms with E-state index in [1.807, 2.05) is 0 Å². The largest absolute Gasteiger partial charge is 0.465 e. The van der Waals surface area contributed by atoms with Crippen LogP contribution >= 0.6 is 0 Å². The van der Waals surface area contributed by atoms with Crippen molar-refractivity contribution in [2.75, 3.05) is 20.2 Å². The third-order valence-electron chi connectivity index (χ3n) is 3.20. The van der Waals surface area contributed by atoms with Crippen molar-refractivity contribution in [2.45, 2.75) is 23.8 Å². The third kappa shape index (κ3) is 3.56. The van der Waals surface area contributed by atoms with Gasteiger partial charge in [-0.3, -0.25) is 0 Å². The summed E-state index contributed by atoms with van der Waals surface area (Å²) < 4.78 is 31.6. The molecule has 7 heteroatoms. The number of hydrogen-bond acceptors (Lipinski definition) is 5. The van der Waals surface area contributed by atoms with E-state index in [0.717, 1.165) is 19.4 Å². The summed E-state index contributed by atoms with van der Waals surface area (Å²) in [7, 11) is -2.27. The van der Waals surface area contributed by atoms with E-state index >= 15 is 0 Å². The average Bonchev–Trinajstić information content (AvgIpc) is 2.47. The highest BCUT2D eigenvalue weighted by atomic mass is 32.2. The van der Waals surface area contributed by atoms with Gasteiger partial charge in [-0.1, -0.05) is 0 Å². The lowest BCUT2D eigenvalue weighted by molar-refractivity contribution is 0.0600. The second kappa shape index (κ2) is 6.34. The Morgan fingerprint density at radius 2 is 2.05 bits per heavy atom. The van der Waals surface area contributed by atoms with E-state index in [4.69, 9.17) is 0 Å². The van der Waals surface area contributed by atoms with Gasteiger partial charge in [-0.25, -0.2) is 17.9 Å². The molecule has 1 saturated heterocycles. The first-order valence-electron chi connectivity index (χ1n) is 6.44. The summed E-state index contributed by atoms with van der Waals surface area (Å²) in [6, 6.07) is 5.61. The molecule has 2 rings (SSSR count). The Morgan fingerprint density at radius 1 is 1.35 bits per heavy atom. The van der Waals surface area contributed by atoms with E-state index in [2.05, 4.69) is 14.8 Å². The first kappa shape index (κ1) is 15.0. The highest BCUT2D eigenvalue weighted by Gasteiger charge is 2.21. The van der Waals surface area contributed by atoms with Crippen LogP contribution in [0.5, 0.6) is 0 Å². The molecule has 1 atom stereocenters. The smallest absolute Gasteiger partial charge is 0.337 e. The summed E-state index contributed by atoms with van der Waals surface area (Å²) in [5, 5.41) is 3.15. The molecule has 0 amide bonds. The molecular formula is C13H18N2O4S. The Kier molecular flexibility index (Phi) is 4.74. The van der Waals surface area contributed by atoms with Crippen LogP contribution in [0, 0.1) is 0 Å². The minimum atomic E-state index is -3.55. The average molecular weight is 298 g/mol. The summed E-state index contributed by atoms with van der Waals surface area (Å²) >= 11 is 0. The van der Waals surface area contributed by atoms with Crippen molar-refractivity contribution < 1.29 is 17.9 Å². The Labute approximate surface area is 118 Å². The Morgan fingerprint density at radius 3 is 2.60 bits per heavy atom. The molecule has 0 spiro atoms. The topological polar surface area (TPSA) is 84.5 Å². The molecule has 1 fully saturated rings. The number of carbonyl (C=O) groups is 1. The summed E-state index contributed by atoms with van der Waals surface area (Å²) in [4.78, 5) is 11.4. The summed E-state index contributed by atoms with van der Waals surface area (Å²) in [5.41, 5.74) is 0.325. The van der Waals surface area contributed by atoms with Crippen LogP contribution < -0.4 is 10.0 Å². The zero-order valence-electron chi connectivity index (χ0n) is 11.3. The molecule has 1 aliphatic heterocycles. The Balaban J connectivity index is 2.10. The number of carbonyl (C=O) groups excluding carboxylic acids is 1. The molecule has 110 valence electrons. The normalized spacial score (nSPS) is 19.6. The van der Waals surface area contributed by atoms with E-state index in [9.17, 15) is 13.2 Å². The summed E-state index contributed by atoms with van der Waals surface area (Å²) in [5.74, 6) is -0.488. The fourth-order valence-corrected chi connectivity index (χ4v) is 3.40. The maximum atomic E-state index is 12.2. The molecule has 6 nitrogen and oxygen atoms in total. The fraction of sp³-hybridized carbons (Fsp3) is 0.462. The van der Waals surface area contributed by atoms with E-state index in [-0.39, 0.29) is 10.9 Å². The van der Waals surface area contributed by atoms with Crippen molar-refractivity contribution in [1.29, 1.82) is 0 Å². The molecule has 0 unspecified atom stereocenters. The van der Waals surface area contributed by atoms with Gasteiger partial charge in [0.2, 0.25) is 10.0 Å². The zero-order valence-corrected chi connectivity index (χ0v) is 12.1. The Hall–Kier alpha value is -1.44. The Bertz CT molecular complexity index is 563. The van der Waals surface area contributed by atoms with E-state index in [1.165, 1.54) is 31.4 Å². The highest BCUT2D eigenvalue weighted by molar-refractivity contribution is 7.89. The molecule has 0 aliphatic carbocycles. The SMILES string of the molecule is COC(=O)c1ccc(S(=O)(=O)N[C@H]2CCCNC2)cc1. The number of sulfonamides is 1. The second-order valence-corrected chi connectivity index (χ2v) is 6.39. The lowest BCUT2D eigenvalue weighted by Crippen LogP contribution is -2.45. The van der Waals surface area contributed by atoms with Crippen molar-refractivity contribution in [3.63, 3.8) is 0 Å². The van der Waals surface area contributed by atoms with Gasteiger partial charge in [0, 0.05) is 12.6 Å². The first-order chi connectivity index (χ1) is 9.53. The van der Waals surface area contributed by atoms with Gasteiger partial charge in [-0.05, 0) is 43.7 Å². The van der Waals surface area contributed by atoms with Crippen molar-refractivity contribution >= 4 is 16.0 Å². The molecule has 0 saturated carbocycles. The van der Waals surface area contributed by atoms with Crippen molar-refractivity contribution in [3.8, 4) is 0 Å². The van der Waals surface area contributed by atoms with Gasteiger partial charge >= 0.3 is 5.97 Å². The number of esters is 1. The van der Waals surface area contributed by atoms with Crippen LogP contribution in [-0.2, 0) is 14.8 Å². The van der Waals surface area contributed by atoms with Crippen LogP contribution in [0.2, 0.25) is 0 Å². The number of benzene rings is 1. The van der Waals surface area contributed by atoms with E-state index in [0.29, 0.717) is 12.1 Å². The van der Waals surface area contributed by atoms with Crippen molar-refractivity contribution in [2.24, 2.45) is 0 Å².